The molecule has 6 nitrogen and oxygen atoms in total. The second kappa shape index (κ2) is 5.48. The van der Waals surface area contributed by atoms with E-state index in [9.17, 15) is 14.7 Å². The quantitative estimate of drug-likeness (QED) is 0.844. The minimum absolute atomic E-state index is 0.353. The Balaban J connectivity index is 2.15. The Labute approximate surface area is 117 Å². The van der Waals surface area contributed by atoms with E-state index in [0.717, 1.165) is 6.42 Å². The fourth-order valence-electron chi connectivity index (χ4n) is 2.75. The number of carboxylic acids is 1. The van der Waals surface area contributed by atoms with Gasteiger partial charge < -0.3 is 15.7 Å². The van der Waals surface area contributed by atoms with Crippen LogP contribution in [0, 0.1) is 5.41 Å². The lowest BCUT2D eigenvalue weighted by atomic mass is 9.83. The van der Waals surface area contributed by atoms with Crippen molar-refractivity contribution in [3.63, 3.8) is 0 Å². The van der Waals surface area contributed by atoms with Crippen LogP contribution in [0.4, 0.5) is 5.82 Å². The summed E-state index contributed by atoms with van der Waals surface area (Å²) >= 11 is 0. The maximum atomic E-state index is 11.5. The Morgan fingerprint density at radius 2 is 2.25 bits per heavy atom. The minimum Gasteiger partial charge on any atom is -0.481 e. The van der Waals surface area contributed by atoms with Crippen LogP contribution >= 0.6 is 0 Å². The molecular formula is C14H19N3O3. The Bertz CT molecular complexity index is 515. The summed E-state index contributed by atoms with van der Waals surface area (Å²) in [6.07, 6.45) is 3.56. The zero-order valence-corrected chi connectivity index (χ0v) is 11.5. The highest BCUT2D eigenvalue weighted by atomic mass is 16.4. The van der Waals surface area contributed by atoms with Gasteiger partial charge in [-0.25, -0.2) is 4.98 Å². The number of nitrogens with two attached hydrogens (primary N) is 1. The van der Waals surface area contributed by atoms with E-state index in [0.29, 0.717) is 37.3 Å². The molecule has 1 aliphatic rings. The number of hydrogen-bond acceptors (Lipinski definition) is 4. The number of amides is 1. The number of hydrogen-bond donors (Lipinski definition) is 2. The first kappa shape index (κ1) is 14.3. The molecule has 0 bridgehead atoms. The van der Waals surface area contributed by atoms with E-state index in [4.69, 9.17) is 5.73 Å². The highest BCUT2D eigenvalue weighted by Gasteiger charge is 2.44. The van der Waals surface area contributed by atoms with Crippen molar-refractivity contribution in [1.82, 2.24) is 4.98 Å². The Morgan fingerprint density at radius 1 is 1.50 bits per heavy atom. The van der Waals surface area contributed by atoms with Gasteiger partial charge in [-0.3, -0.25) is 9.59 Å². The van der Waals surface area contributed by atoms with E-state index >= 15 is 0 Å². The summed E-state index contributed by atoms with van der Waals surface area (Å²) in [5.74, 6) is -0.568. The van der Waals surface area contributed by atoms with Gasteiger partial charge in [0.2, 0.25) is 5.91 Å². The van der Waals surface area contributed by atoms with Crippen LogP contribution in [0.15, 0.2) is 18.3 Å². The summed E-state index contributed by atoms with van der Waals surface area (Å²) in [5, 5.41) is 9.47. The predicted molar refractivity (Wildman–Crippen MR) is 74.6 cm³/mol. The summed E-state index contributed by atoms with van der Waals surface area (Å²) in [6, 6.07) is 3.33. The molecule has 6 heteroatoms. The van der Waals surface area contributed by atoms with Crippen LogP contribution in [0.25, 0.3) is 0 Å². The molecule has 1 unspecified atom stereocenters. The molecule has 0 aromatic carbocycles. The third kappa shape index (κ3) is 2.59. The zero-order valence-electron chi connectivity index (χ0n) is 11.5. The minimum atomic E-state index is -0.740. The van der Waals surface area contributed by atoms with Crippen molar-refractivity contribution in [1.29, 1.82) is 0 Å². The third-order valence-corrected chi connectivity index (χ3v) is 3.89. The van der Waals surface area contributed by atoms with E-state index in [-0.39, 0.29) is 0 Å². The fraction of sp³-hybridized carbons (Fsp3) is 0.500. The van der Waals surface area contributed by atoms with Crippen LogP contribution in [-0.4, -0.2) is 35.1 Å². The predicted octanol–water partition coefficient (Wildman–Crippen LogP) is 1.26. The van der Waals surface area contributed by atoms with E-state index < -0.39 is 17.3 Å². The Morgan fingerprint density at radius 3 is 2.75 bits per heavy atom. The van der Waals surface area contributed by atoms with Gasteiger partial charge in [0.25, 0.3) is 0 Å². The van der Waals surface area contributed by atoms with Crippen molar-refractivity contribution in [2.75, 3.05) is 18.0 Å². The largest absolute Gasteiger partial charge is 0.481 e. The van der Waals surface area contributed by atoms with Gasteiger partial charge in [-0.15, -0.1) is 0 Å². The third-order valence-electron chi connectivity index (χ3n) is 3.89. The van der Waals surface area contributed by atoms with Gasteiger partial charge in [0.15, 0.2) is 0 Å². The molecule has 2 heterocycles. The maximum absolute atomic E-state index is 11.5. The van der Waals surface area contributed by atoms with Gasteiger partial charge >= 0.3 is 5.97 Å². The van der Waals surface area contributed by atoms with Crippen LogP contribution in [0.2, 0.25) is 0 Å². The second-order valence-corrected chi connectivity index (χ2v) is 5.28. The number of carboxylic acid groups (broad SMARTS) is 1. The molecule has 1 aromatic rings. The number of aliphatic carboxylic acids is 1. The van der Waals surface area contributed by atoms with Crippen LogP contribution in [0.1, 0.15) is 36.5 Å². The summed E-state index contributed by atoms with van der Waals surface area (Å²) in [4.78, 5) is 28.7. The fourth-order valence-corrected chi connectivity index (χ4v) is 2.75. The molecule has 20 heavy (non-hydrogen) atoms. The molecule has 1 aromatic heterocycles. The summed E-state index contributed by atoms with van der Waals surface area (Å²) in [7, 11) is 0. The number of nitrogens with zero attached hydrogens (tertiary/aromatic N) is 2. The summed E-state index contributed by atoms with van der Waals surface area (Å²) in [6.45, 7) is 3.11. The molecule has 1 amide bonds. The van der Waals surface area contributed by atoms with E-state index in [1.54, 1.807) is 12.1 Å². The number of anilines is 1. The molecule has 0 saturated carbocycles. The van der Waals surface area contributed by atoms with Crippen LogP contribution < -0.4 is 10.6 Å². The van der Waals surface area contributed by atoms with E-state index in [1.165, 1.54) is 6.20 Å². The van der Waals surface area contributed by atoms with Gasteiger partial charge in [-0.2, -0.15) is 0 Å². The molecule has 108 valence electrons. The monoisotopic (exact) mass is 277 g/mol. The number of primary amides is 1. The molecule has 2 rings (SSSR count). The standard InChI is InChI=1S/C14H19N3O3/c1-2-5-14(13(19)20)6-7-17(9-14)11-4-3-10(8-16-11)12(15)18/h3-4,8H,2,5-7,9H2,1H3,(H2,15,18)(H,19,20). The van der Waals surface area contributed by atoms with Crippen LogP contribution in [0.3, 0.4) is 0 Å². The lowest BCUT2D eigenvalue weighted by Crippen LogP contribution is -2.34. The molecule has 0 spiro atoms. The van der Waals surface area contributed by atoms with E-state index in [1.807, 2.05) is 11.8 Å². The number of carbonyl (C=O) groups is 2. The zero-order chi connectivity index (χ0) is 14.8. The average Bonchev–Trinajstić information content (AvgIpc) is 2.85. The number of pyridine rings is 1. The SMILES string of the molecule is CCCC1(C(=O)O)CCN(c2ccc(C(N)=O)cn2)C1. The Kier molecular flexibility index (Phi) is 3.92. The lowest BCUT2D eigenvalue weighted by Gasteiger charge is -2.24. The molecule has 1 aliphatic heterocycles. The lowest BCUT2D eigenvalue weighted by molar-refractivity contribution is -0.148. The van der Waals surface area contributed by atoms with Gasteiger partial charge in [0.1, 0.15) is 5.82 Å². The Hall–Kier alpha value is -2.11. The average molecular weight is 277 g/mol. The smallest absolute Gasteiger partial charge is 0.311 e. The van der Waals surface area contributed by atoms with Crippen LogP contribution in [-0.2, 0) is 4.79 Å². The maximum Gasteiger partial charge on any atom is 0.311 e. The molecule has 1 saturated heterocycles. The van der Waals surface area contributed by atoms with Crippen molar-refractivity contribution in [3.05, 3.63) is 23.9 Å². The molecule has 1 atom stereocenters. The molecule has 1 fully saturated rings. The van der Waals surface area contributed by atoms with Crippen molar-refractivity contribution in [2.24, 2.45) is 11.1 Å². The second-order valence-electron chi connectivity index (χ2n) is 5.28. The van der Waals surface area contributed by atoms with Gasteiger partial charge in [-0.05, 0) is 25.0 Å². The molecule has 0 radical (unpaired) electrons. The molecule has 3 N–H and O–H groups in total. The first-order chi connectivity index (χ1) is 9.48. The molecular weight excluding hydrogens is 258 g/mol. The topological polar surface area (TPSA) is 96.5 Å². The van der Waals surface area contributed by atoms with Crippen molar-refractivity contribution < 1.29 is 14.7 Å². The number of aromatic nitrogens is 1. The van der Waals surface area contributed by atoms with Gasteiger partial charge in [0, 0.05) is 19.3 Å². The van der Waals surface area contributed by atoms with Crippen LogP contribution in [0.5, 0.6) is 0 Å². The van der Waals surface area contributed by atoms with E-state index in [2.05, 4.69) is 4.98 Å². The highest BCUT2D eigenvalue weighted by molar-refractivity contribution is 5.92. The first-order valence-electron chi connectivity index (χ1n) is 6.73. The normalized spacial score (nSPS) is 21.9. The van der Waals surface area contributed by atoms with Crippen molar-refractivity contribution in [3.8, 4) is 0 Å². The van der Waals surface area contributed by atoms with Crippen molar-refractivity contribution >= 4 is 17.7 Å². The number of rotatable bonds is 5. The summed E-state index contributed by atoms with van der Waals surface area (Å²) < 4.78 is 0. The highest BCUT2D eigenvalue weighted by Crippen LogP contribution is 2.37. The van der Waals surface area contributed by atoms with Crippen molar-refractivity contribution in [2.45, 2.75) is 26.2 Å². The van der Waals surface area contributed by atoms with Gasteiger partial charge in [0.05, 0.1) is 11.0 Å². The first-order valence-corrected chi connectivity index (χ1v) is 6.73. The van der Waals surface area contributed by atoms with Gasteiger partial charge in [-0.1, -0.05) is 13.3 Å². The summed E-state index contributed by atoms with van der Waals surface area (Å²) in [5.41, 5.74) is 4.84. The number of carbonyl (C=O) groups excluding carboxylic acids is 1. The molecule has 0 aliphatic carbocycles.